The number of aryl methyl sites for hydroxylation is 1. The Morgan fingerprint density at radius 3 is 2.59 bits per heavy atom. The van der Waals surface area contributed by atoms with Gasteiger partial charge >= 0.3 is 5.97 Å². The molecule has 5 rings (SSSR count). The Morgan fingerprint density at radius 1 is 1.12 bits per heavy atom. The number of amides is 2. The molecule has 1 aromatic heterocycles. The third kappa shape index (κ3) is 6.17. The normalized spacial score (nSPS) is 16.3. The molecule has 1 atom stereocenters. The van der Waals surface area contributed by atoms with Crippen LogP contribution in [-0.4, -0.2) is 58.0 Å². The monoisotopic (exact) mass is 583 g/mol. The molecular weight excluding hydrogens is 556 g/mol. The van der Waals surface area contributed by atoms with Gasteiger partial charge in [0.1, 0.15) is 23.5 Å². The Bertz CT molecular complexity index is 1510. The second-order valence-corrected chi connectivity index (χ2v) is 10.7. The first-order valence-electron chi connectivity index (χ1n) is 13.3. The van der Waals surface area contributed by atoms with Crippen molar-refractivity contribution in [2.75, 3.05) is 18.0 Å². The maximum absolute atomic E-state index is 15.3. The van der Waals surface area contributed by atoms with E-state index in [1.54, 1.807) is 29.0 Å². The van der Waals surface area contributed by atoms with Gasteiger partial charge in [-0.1, -0.05) is 17.7 Å². The van der Waals surface area contributed by atoms with Crippen molar-refractivity contribution in [2.24, 2.45) is 0 Å². The number of benzene rings is 2. The summed E-state index contributed by atoms with van der Waals surface area (Å²) in [6.07, 6.45) is 2.54. The van der Waals surface area contributed by atoms with E-state index in [0.29, 0.717) is 49.5 Å². The molecule has 0 aliphatic carbocycles. The predicted octanol–water partition coefficient (Wildman–Crippen LogP) is 5.51. The van der Waals surface area contributed by atoms with Crippen LogP contribution in [0.3, 0.4) is 0 Å². The fraction of sp³-hybridized carbons (Fsp3) is 0.333. The number of hydrogen-bond acceptors (Lipinski definition) is 5. The highest BCUT2D eigenvalue weighted by Gasteiger charge is 2.35. The molecule has 1 N–H and O–H groups in total. The molecule has 11 heteroatoms. The number of hydrogen-bond donors (Lipinski definition) is 1. The fourth-order valence-electron chi connectivity index (χ4n) is 5.43. The molecule has 41 heavy (non-hydrogen) atoms. The number of fused-ring (bicyclic) bond motifs is 1. The van der Waals surface area contributed by atoms with E-state index in [0.717, 1.165) is 11.8 Å². The largest absolute Gasteiger partial charge is 0.489 e. The Kier molecular flexibility index (Phi) is 8.21. The Labute approximate surface area is 240 Å². The van der Waals surface area contributed by atoms with E-state index < -0.39 is 29.6 Å². The van der Waals surface area contributed by atoms with Crippen molar-refractivity contribution in [3.8, 4) is 16.9 Å². The van der Waals surface area contributed by atoms with E-state index in [1.807, 2.05) is 0 Å². The summed E-state index contributed by atoms with van der Waals surface area (Å²) in [6.45, 7) is 2.24. The lowest BCUT2D eigenvalue weighted by Crippen LogP contribution is -2.50. The van der Waals surface area contributed by atoms with Crippen molar-refractivity contribution < 1.29 is 33.0 Å². The van der Waals surface area contributed by atoms with E-state index in [1.165, 1.54) is 30.3 Å². The van der Waals surface area contributed by atoms with Crippen molar-refractivity contribution in [1.82, 2.24) is 9.88 Å². The van der Waals surface area contributed by atoms with E-state index in [9.17, 15) is 18.8 Å². The number of piperidine rings is 1. The first kappa shape index (κ1) is 28.5. The summed E-state index contributed by atoms with van der Waals surface area (Å²) in [5, 5.41) is 9.46. The minimum Gasteiger partial charge on any atom is -0.489 e. The van der Waals surface area contributed by atoms with Crippen LogP contribution in [0.1, 0.15) is 48.7 Å². The summed E-state index contributed by atoms with van der Waals surface area (Å²) < 4.78 is 35.1. The number of aromatic nitrogens is 1. The number of carbonyl (C=O) groups excluding carboxylic acids is 2. The zero-order valence-electron chi connectivity index (χ0n) is 22.3. The van der Waals surface area contributed by atoms with Gasteiger partial charge < -0.3 is 19.6 Å². The van der Waals surface area contributed by atoms with E-state index >= 15 is 4.39 Å². The van der Waals surface area contributed by atoms with Crippen LogP contribution in [0.2, 0.25) is 5.02 Å². The van der Waals surface area contributed by atoms with Crippen LogP contribution >= 0.6 is 11.6 Å². The van der Waals surface area contributed by atoms with Gasteiger partial charge in [0.25, 0.3) is 5.91 Å². The van der Waals surface area contributed by atoms with Crippen LogP contribution in [0.4, 0.5) is 14.5 Å². The zero-order chi connectivity index (χ0) is 29.3. The van der Waals surface area contributed by atoms with Crippen molar-refractivity contribution in [3.63, 3.8) is 0 Å². The maximum atomic E-state index is 15.3. The van der Waals surface area contributed by atoms with Crippen molar-refractivity contribution in [3.05, 3.63) is 76.6 Å². The Balaban J connectivity index is 1.30. The molecule has 3 heterocycles. The molecule has 0 saturated carbocycles. The second kappa shape index (κ2) is 11.8. The molecule has 2 aromatic carbocycles. The highest BCUT2D eigenvalue weighted by molar-refractivity contribution is 6.30. The molecule has 2 aliphatic rings. The van der Waals surface area contributed by atoms with Crippen LogP contribution in [0.15, 0.2) is 48.7 Å². The van der Waals surface area contributed by atoms with Gasteiger partial charge in [-0.25, -0.2) is 8.78 Å². The lowest BCUT2D eigenvalue weighted by Gasteiger charge is -2.40. The quantitative estimate of drug-likeness (QED) is 0.394. The third-order valence-electron chi connectivity index (χ3n) is 7.38. The molecule has 0 bridgehead atoms. The Morgan fingerprint density at radius 2 is 1.88 bits per heavy atom. The van der Waals surface area contributed by atoms with Gasteiger partial charge in [0.15, 0.2) is 0 Å². The third-order valence-corrected chi connectivity index (χ3v) is 7.58. The van der Waals surface area contributed by atoms with Crippen LogP contribution < -0.4 is 9.64 Å². The number of carboxylic acids is 1. The number of carbonyl (C=O) groups is 3. The number of pyridine rings is 1. The fourth-order valence-corrected chi connectivity index (χ4v) is 5.58. The molecule has 0 radical (unpaired) electrons. The maximum Gasteiger partial charge on any atom is 0.307 e. The molecule has 3 aromatic rings. The number of carboxylic acid groups (broad SMARTS) is 1. The van der Waals surface area contributed by atoms with Gasteiger partial charge in [0.2, 0.25) is 5.91 Å². The predicted molar refractivity (Wildman–Crippen MR) is 148 cm³/mol. The van der Waals surface area contributed by atoms with Gasteiger partial charge in [0, 0.05) is 43.7 Å². The lowest BCUT2D eigenvalue weighted by molar-refractivity contribution is -0.138. The highest BCUT2D eigenvalue weighted by Crippen LogP contribution is 2.35. The number of likely N-dealkylation sites (tertiary alicyclic amines) is 1. The minimum atomic E-state index is -1.05. The molecule has 0 unspecified atom stereocenters. The number of halogens is 3. The minimum absolute atomic E-state index is 0.00831. The zero-order valence-corrected chi connectivity index (χ0v) is 23.0. The summed E-state index contributed by atoms with van der Waals surface area (Å²) >= 11 is 6.15. The summed E-state index contributed by atoms with van der Waals surface area (Å²) in [7, 11) is 0. The molecule has 1 saturated heterocycles. The SMILES string of the molecule is C[C@H](CC(=O)O)Oc1ccc(F)cc1-c1ccc(C(=O)N2CCC(N3C(=O)CCc4ncc(Cl)cc43)CC2)c(F)c1. The van der Waals surface area contributed by atoms with Gasteiger partial charge in [-0.3, -0.25) is 19.4 Å². The molecule has 214 valence electrons. The van der Waals surface area contributed by atoms with Crippen LogP contribution in [0.5, 0.6) is 5.75 Å². The topological polar surface area (TPSA) is 100 Å². The lowest BCUT2D eigenvalue weighted by atomic mass is 9.97. The molecule has 0 spiro atoms. The first-order valence-corrected chi connectivity index (χ1v) is 13.7. The summed E-state index contributed by atoms with van der Waals surface area (Å²) in [4.78, 5) is 44.8. The van der Waals surface area contributed by atoms with Crippen LogP contribution in [0, 0.1) is 11.6 Å². The van der Waals surface area contributed by atoms with Crippen LogP contribution in [0.25, 0.3) is 11.1 Å². The number of nitrogens with zero attached hydrogens (tertiary/aromatic N) is 3. The standard InChI is InChI=1S/C30H28ClF2N3O5/c1-17(12-29(38)39)41-27-6-3-20(32)15-23(27)18-2-4-22(24(33)13-18)30(40)35-10-8-21(9-11-35)36-26-14-19(31)16-34-25(26)5-7-28(36)37/h2-4,6,13-17,21H,5,7-12H2,1H3,(H,38,39)/t17-/m1/s1. The van der Waals surface area contributed by atoms with Crippen molar-refractivity contribution >= 4 is 35.1 Å². The number of rotatable bonds is 7. The summed E-state index contributed by atoms with van der Waals surface area (Å²) in [5.41, 5.74) is 1.92. The summed E-state index contributed by atoms with van der Waals surface area (Å²) in [5.74, 6) is -2.68. The van der Waals surface area contributed by atoms with E-state index in [4.69, 9.17) is 21.4 Å². The number of ether oxygens (including phenoxy) is 1. The van der Waals surface area contributed by atoms with Crippen molar-refractivity contribution in [1.29, 1.82) is 0 Å². The van der Waals surface area contributed by atoms with Gasteiger partial charge in [-0.15, -0.1) is 0 Å². The van der Waals surface area contributed by atoms with Crippen LogP contribution in [-0.2, 0) is 16.0 Å². The molecular formula is C30H28ClF2N3O5. The molecule has 2 amide bonds. The smallest absolute Gasteiger partial charge is 0.307 e. The van der Waals surface area contributed by atoms with Gasteiger partial charge in [-0.05, 0) is 61.7 Å². The second-order valence-electron chi connectivity index (χ2n) is 10.3. The van der Waals surface area contributed by atoms with Crippen molar-refractivity contribution in [2.45, 2.75) is 51.2 Å². The molecule has 2 aliphatic heterocycles. The average molecular weight is 584 g/mol. The Hall–Kier alpha value is -4.05. The molecule has 8 nitrogen and oxygen atoms in total. The summed E-state index contributed by atoms with van der Waals surface area (Å²) in [6, 6.07) is 9.32. The first-order chi connectivity index (χ1) is 19.6. The number of anilines is 1. The number of aliphatic carboxylic acids is 1. The van der Waals surface area contributed by atoms with E-state index in [2.05, 4.69) is 4.98 Å². The van der Waals surface area contributed by atoms with Gasteiger partial charge in [-0.2, -0.15) is 0 Å². The van der Waals surface area contributed by atoms with E-state index in [-0.39, 0.29) is 40.8 Å². The molecule has 1 fully saturated rings. The highest BCUT2D eigenvalue weighted by atomic mass is 35.5. The van der Waals surface area contributed by atoms with Gasteiger partial charge in [0.05, 0.1) is 28.4 Å². The average Bonchev–Trinajstić information content (AvgIpc) is 2.93.